The number of halogens is 1. The first kappa shape index (κ1) is 18.8. The highest BCUT2D eigenvalue weighted by molar-refractivity contribution is 5.99. The third-order valence-corrected chi connectivity index (χ3v) is 6.07. The van der Waals surface area contributed by atoms with Crippen molar-refractivity contribution in [1.82, 2.24) is 14.8 Å². The van der Waals surface area contributed by atoms with Gasteiger partial charge in [0.05, 0.1) is 12.6 Å². The SMILES string of the molecule is O=C(NCc1ccc(F)cc1)c1cn2c(c(O)c1=O)C(=O)N1[C@H]3CC[C@H](C3)O[C@@H]1C2. The van der Waals surface area contributed by atoms with Crippen LogP contribution in [0.4, 0.5) is 4.39 Å². The van der Waals surface area contributed by atoms with Gasteiger partial charge in [0, 0.05) is 18.8 Å². The third kappa shape index (κ3) is 2.97. The summed E-state index contributed by atoms with van der Waals surface area (Å²) in [6.07, 6.45) is 3.40. The standard InChI is InChI=1S/C21H20FN3O5/c22-12-3-1-11(2-4-12)8-23-20(28)15-9-24-10-16-25(13-5-6-14(7-13)30-16)21(29)17(24)19(27)18(15)26/h1-4,9,13-14,16,27H,5-8,10H2,(H,23,28)/t13-,14+,16+/m0/s1. The van der Waals surface area contributed by atoms with Crippen molar-refractivity contribution in [3.63, 3.8) is 0 Å². The number of hydrogen-bond acceptors (Lipinski definition) is 5. The van der Waals surface area contributed by atoms with Crippen molar-refractivity contribution >= 4 is 11.8 Å². The molecule has 1 aromatic carbocycles. The van der Waals surface area contributed by atoms with Gasteiger partial charge in [0.2, 0.25) is 5.43 Å². The van der Waals surface area contributed by atoms with E-state index in [0.717, 1.165) is 19.3 Å². The number of amides is 2. The molecular formula is C21H20FN3O5. The molecule has 2 N–H and O–H groups in total. The van der Waals surface area contributed by atoms with Gasteiger partial charge >= 0.3 is 0 Å². The molecule has 2 aromatic rings. The summed E-state index contributed by atoms with van der Waals surface area (Å²) in [5.41, 5.74) is -0.616. The molecule has 0 spiro atoms. The van der Waals surface area contributed by atoms with Gasteiger partial charge in [0.15, 0.2) is 17.7 Å². The van der Waals surface area contributed by atoms with Crippen LogP contribution in [0.2, 0.25) is 0 Å². The van der Waals surface area contributed by atoms with E-state index >= 15 is 0 Å². The Labute approximate surface area is 170 Å². The van der Waals surface area contributed by atoms with Gasteiger partial charge in [-0.1, -0.05) is 12.1 Å². The largest absolute Gasteiger partial charge is 0.503 e. The van der Waals surface area contributed by atoms with Crippen molar-refractivity contribution in [2.24, 2.45) is 0 Å². The van der Waals surface area contributed by atoms with E-state index in [4.69, 9.17) is 4.74 Å². The van der Waals surface area contributed by atoms with Crippen LogP contribution in [0.5, 0.6) is 5.75 Å². The molecule has 0 radical (unpaired) electrons. The van der Waals surface area contributed by atoms with Crippen LogP contribution in [-0.2, 0) is 17.8 Å². The van der Waals surface area contributed by atoms with E-state index in [1.807, 2.05) is 0 Å². The molecule has 2 aliphatic heterocycles. The topological polar surface area (TPSA) is 101 Å². The Bertz CT molecular complexity index is 1100. The van der Waals surface area contributed by atoms with Crippen molar-refractivity contribution in [3.05, 3.63) is 63.3 Å². The molecule has 1 saturated carbocycles. The molecule has 1 aromatic heterocycles. The second-order valence-electron chi connectivity index (χ2n) is 7.92. The first-order valence-electron chi connectivity index (χ1n) is 9.89. The smallest absolute Gasteiger partial charge is 0.276 e. The second kappa shape index (κ2) is 6.94. The highest BCUT2D eigenvalue weighted by Crippen LogP contribution is 2.38. The molecule has 30 heavy (non-hydrogen) atoms. The normalized spacial score (nSPS) is 24.4. The van der Waals surface area contributed by atoms with Gasteiger partial charge in [0.25, 0.3) is 11.8 Å². The van der Waals surface area contributed by atoms with Crippen LogP contribution in [0.15, 0.2) is 35.3 Å². The van der Waals surface area contributed by atoms with Gasteiger partial charge in [-0.05, 0) is 37.0 Å². The molecule has 8 nitrogen and oxygen atoms in total. The maximum Gasteiger partial charge on any atom is 0.276 e. The third-order valence-electron chi connectivity index (χ3n) is 6.07. The highest BCUT2D eigenvalue weighted by atomic mass is 19.1. The van der Waals surface area contributed by atoms with Crippen LogP contribution in [0, 0.1) is 5.82 Å². The molecule has 5 rings (SSSR count). The summed E-state index contributed by atoms with van der Waals surface area (Å²) in [5.74, 6) is -2.26. The average Bonchev–Trinajstić information content (AvgIpc) is 3.10. The number of nitrogens with one attached hydrogen (secondary N) is 1. The van der Waals surface area contributed by atoms with Crippen LogP contribution < -0.4 is 10.7 Å². The van der Waals surface area contributed by atoms with Gasteiger partial charge in [-0.2, -0.15) is 0 Å². The Morgan fingerprint density at radius 3 is 2.77 bits per heavy atom. The first-order valence-corrected chi connectivity index (χ1v) is 9.89. The molecule has 1 saturated heterocycles. The number of rotatable bonds is 3. The molecule has 3 heterocycles. The minimum Gasteiger partial charge on any atom is -0.503 e. The van der Waals surface area contributed by atoms with Crippen LogP contribution in [0.3, 0.4) is 0 Å². The van der Waals surface area contributed by atoms with Gasteiger partial charge in [0.1, 0.15) is 11.4 Å². The number of carbonyl (C=O) groups excluding carboxylic acids is 2. The van der Waals surface area contributed by atoms with Crippen LogP contribution in [-0.4, -0.2) is 44.8 Å². The minimum absolute atomic E-state index is 0.0446. The maximum absolute atomic E-state index is 13.0. The fraction of sp³-hybridized carbons (Fsp3) is 0.381. The summed E-state index contributed by atoms with van der Waals surface area (Å²) in [4.78, 5) is 39.9. The highest BCUT2D eigenvalue weighted by Gasteiger charge is 2.47. The van der Waals surface area contributed by atoms with Crippen molar-refractivity contribution in [1.29, 1.82) is 0 Å². The number of aromatic nitrogens is 1. The summed E-state index contributed by atoms with van der Waals surface area (Å²) < 4.78 is 20.4. The number of aromatic hydroxyl groups is 1. The van der Waals surface area contributed by atoms with Crippen LogP contribution in [0.1, 0.15) is 45.7 Å². The summed E-state index contributed by atoms with van der Waals surface area (Å²) in [5, 5.41) is 13.1. The van der Waals surface area contributed by atoms with Crippen molar-refractivity contribution in [2.45, 2.75) is 50.7 Å². The number of ether oxygens (including phenoxy) is 1. The molecule has 2 bridgehead atoms. The summed E-state index contributed by atoms with van der Waals surface area (Å²) in [6.45, 7) is 0.322. The van der Waals surface area contributed by atoms with E-state index in [2.05, 4.69) is 5.32 Å². The number of carbonyl (C=O) groups is 2. The minimum atomic E-state index is -0.896. The van der Waals surface area contributed by atoms with E-state index < -0.39 is 29.2 Å². The van der Waals surface area contributed by atoms with E-state index in [0.29, 0.717) is 5.56 Å². The lowest BCUT2D eigenvalue weighted by Gasteiger charge is -2.44. The number of hydrogen-bond donors (Lipinski definition) is 2. The maximum atomic E-state index is 13.0. The lowest BCUT2D eigenvalue weighted by atomic mass is 10.1. The molecular weight excluding hydrogens is 393 g/mol. The van der Waals surface area contributed by atoms with E-state index in [9.17, 15) is 23.9 Å². The molecule has 156 valence electrons. The monoisotopic (exact) mass is 413 g/mol. The zero-order chi connectivity index (χ0) is 21.0. The van der Waals surface area contributed by atoms with Crippen molar-refractivity contribution in [2.75, 3.05) is 0 Å². The van der Waals surface area contributed by atoms with Gasteiger partial charge in [-0.3, -0.25) is 14.4 Å². The fourth-order valence-corrected chi connectivity index (χ4v) is 4.59. The van der Waals surface area contributed by atoms with Crippen LogP contribution >= 0.6 is 0 Å². The first-order chi connectivity index (χ1) is 14.4. The molecule has 0 unspecified atom stereocenters. The van der Waals surface area contributed by atoms with E-state index in [1.165, 1.54) is 35.0 Å². The number of benzene rings is 1. The molecule has 1 aliphatic carbocycles. The number of pyridine rings is 1. The van der Waals surface area contributed by atoms with Gasteiger partial charge < -0.3 is 24.6 Å². The molecule has 2 amide bonds. The molecule has 3 atom stereocenters. The fourth-order valence-electron chi connectivity index (χ4n) is 4.59. The Hall–Kier alpha value is -3.20. The molecule has 2 fully saturated rings. The van der Waals surface area contributed by atoms with Crippen molar-refractivity contribution < 1.29 is 23.8 Å². The summed E-state index contributed by atoms with van der Waals surface area (Å²) in [6, 6.07) is 5.64. The summed E-state index contributed by atoms with van der Waals surface area (Å²) >= 11 is 0. The van der Waals surface area contributed by atoms with Crippen molar-refractivity contribution in [3.8, 4) is 5.75 Å². The van der Waals surface area contributed by atoms with E-state index in [-0.39, 0.29) is 42.3 Å². The quantitative estimate of drug-likeness (QED) is 0.791. The second-order valence-corrected chi connectivity index (χ2v) is 7.92. The van der Waals surface area contributed by atoms with E-state index in [1.54, 1.807) is 4.90 Å². The lowest BCUT2D eigenvalue weighted by molar-refractivity contribution is -0.132. The average molecular weight is 413 g/mol. The summed E-state index contributed by atoms with van der Waals surface area (Å²) in [7, 11) is 0. The molecule has 9 heteroatoms. The van der Waals surface area contributed by atoms with Gasteiger partial charge in [-0.25, -0.2) is 4.39 Å². The number of nitrogens with zero attached hydrogens (tertiary/aromatic N) is 2. The Balaban J connectivity index is 1.43. The zero-order valence-corrected chi connectivity index (χ0v) is 16.0. The van der Waals surface area contributed by atoms with Crippen LogP contribution in [0.25, 0.3) is 0 Å². The Morgan fingerprint density at radius 2 is 2.00 bits per heavy atom. The number of fused-ring (bicyclic) bond motifs is 5. The lowest BCUT2D eigenvalue weighted by Crippen LogP contribution is -2.57. The molecule has 3 aliphatic rings. The zero-order valence-electron chi connectivity index (χ0n) is 16.0. The van der Waals surface area contributed by atoms with Gasteiger partial charge in [-0.15, -0.1) is 0 Å². The Morgan fingerprint density at radius 1 is 1.23 bits per heavy atom. The Kier molecular flexibility index (Phi) is 4.35. The predicted molar refractivity (Wildman–Crippen MR) is 102 cm³/mol. The predicted octanol–water partition coefficient (Wildman–Crippen LogP) is 1.36.